The number of anilines is 1. The molecule has 7 nitrogen and oxygen atoms in total. The molecule has 144 valence electrons. The Labute approximate surface area is 157 Å². The summed E-state index contributed by atoms with van der Waals surface area (Å²) in [5, 5.41) is 5.29. The average molecular weight is 393 g/mol. The van der Waals surface area contributed by atoms with Crippen LogP contribution in [0.1, 0.15) is 12.8 Å². The molecule has 9 heteroatoms. The summed E-state index contributed by atoms with van der Waals surface area (Å²) in [5.41, 5.74) is 0.537. The molecule has 0 bridgehead atoms. The van der Waals surface area contributed by atoms with Crippen molar-refractivity contribution >= 4 is 21.7 Å². The molecule has 0 aliphatic carbocycles. The lowest BCUT2D eigenvalue weighted by Gasteiger charge is -2.25. The molecule has 1 fully saturated rings. The number of sulfonamides is 1. The Balaban J connectivity index is 1.70. The van der Waals surface area contributed by atoms with Crippen LogP contribution in [0, 0.1) is 5.82 Å². The second-order valence-electron chi connectivity index (χ2n) is 6.03. The summed E-state index contributed by atoms with van der Waals surface area (Å²) in [5.74, 6) is -0.162. The number of halogens is 1. The zero-order valence-corrected chi connectivity index (χ0v) is 15.5. The van der Waals surface area contributed by atoms with E-state index in [4.69, 9.17) is 4.74 Å². The van der Waals surface area contributed by atoms with Gasteiger partial charge in [-0.25, -0.2) is 17.6 Å². The summed E-state index contributed by atoms with van der Waals surface area (Å²) in [6, 6.07) is 11.4. The molecule has 0 spiro atoms. The molecule has 1 unspecified atom stereocenters. The number of ether oxygens (including phenoxy) is 1. The van der Waals surface area contributed by atoms with Gasteiger partial charge in [-0.15, -0.1) is 0 Å². The van der Waals surface area contributed by atoms with Crippen LogP contribution in [0.2, 0.25) is 0 Å². The van der Waals surface area contributed by atoms with Crippen LogP contribution in [0.15, 0.2) is 53.4 Å². The number of carbonyl (C=O) groups excluding carboxylic acids is 1. The molecule has 2 amide bonds. The van der Waals surface area contributed by atoms with Crippen LogP contribution in [0.5, 0.6) is 5.75 Å². The Hall–Kier alpha value is -2.65. The van der Waals surface area contributed by atoms with E-state index in [0.717, 1.165) is 10.4 Å². The first-order chi connectivity index (χ1) is 12.9. The van der Waals surface area contributed by atoms with Crippen LogP contribution in [0.3, 0.4) is 0 Å². The fourth-order valence-corrected chi connectivity index (χ4v) is 4.63. The van der Waals surface area contributed by atoms with Crippen LogP contribution in [0.4, 0.5) is 14.9 Å². The minimum Gasteiger partial charge on any atom is -0.497 e. The van der Waals surface area contributed by atoms with Crippen molar-refractivity contribution < 1.29 is 22.3 Å². The Morgan fingerprint density at radius 1 is 1.19 bits per heavy atom. The SMILES string of the molecule is COc1ccc(NC(=O)NC2CCCN2S(=O)(=O)c2ccccc2F)cc1. The Morgan fingerprint density at radius 2 is 1.89 bits per heavy atom. The quantitative estimate of drug-likeness (QED) is 0.818. The maximum atomic E-state index is 14.0. The van der Waals surface area contributed by atoms with Crippen molar-refractivity contribution in [1.29, 1.82) is 0 Å². The Bertz CT molecular complexity index is 918. The average Bonchev–Trinajstić information content (AvgIpc) is 3.11. The van der Waals surface area contributed by atoms with Gasteiger partial charge in [0.05, 0.1) is 13.3 Å². The number of hydrogen-bond donors (Lipinski definition) is 2. The highest BCUT2D eigenvalue weighted by Crippen LogP contribution is 2.26. The van der Waals surface area contributed by atoms with E-state index in [1.54, 1.807) is 31.4 Å². The van der Waals surface area contributed by atoms with Gasteiger partial charge in [0.15, 0.2) is 0 Å². The number of hydrogen-bond acceptors (Lipinski definition) is 4. The zero-order valence-electron chi connectivity index (χ0n) is 14.7. The third-order valence-corrected chi connectivity index (χ3v) is 6.21. The number of carbonyl (C=O) groups is 1. The van der Waals surface area contributed by atoms with E-state index in [9.17, 15) is 17.6 Å². The fourth-order valence-electron chi connectivity index (χ4n) is 2.95. The maximum Gasteiger partial charge on any atom is 0.320 e. The van der Waals surface area contributed by atoms with E-state index in [2.05, 4.69) is 10.6 Å². The van der Waals surface area contributed by atoms with Crippen molar-refractivity contribution in [2.75, 3.05) is 19.0 Å². The number of nitrogens with one attached hydrogen (secondary N) is 2. The lowest BCUT2D eigenvalue weighted by atomic mass is 10.3. The van der Waals surface area contributed by atoms with Crippen molar-refractivity contribution in [3.05, 3.63) is 54.3 Å². The lowest BCUT2D eigenvalue weighted by Crippen LogP contribution is -2.48. The van der Waals surface area contributed by atoms with Crippen molar-refractivity contribution in [2.45, 2.75) is 23.9 Å². The molecule has 1 aliphatic rings. The molecule has 1 aliphatic heterocycles. The first-order valence-electron chi connectivity index (χ1n) is 8.40. The van der Waals surface area contributed by atoms with Gasteiger partial charge >= 0.3 is 6.03 Å². The molecule has 1 saturated heterocycles. The van der Waals surface area contributed by atoms with Gasteiger partial charge in [0.25, 0.3) is 0 Å². The zero-order chi connectivity index (χ0) is 19.4. The van der Waals surface area contributed by atoms with Gasteiger partial charge < -0.3 is 15.4 Å². The van der Waals surface area contributed by atoms with Gasteiger partial charge in [0.1, 0.15) is 16.5 Å². The number of rotatable bonds is 5. The maximum absolute atomic E-state index is 14.0. The summed E-state index contributed by atoms with van der Waals surface area (Å²) in [7, 11) is -2.51. The van der Waals surface area contributed by atoms with Crippen molar-refractivity contribution in [3.8, 4) is 5.75 Å². The van der Waals surface area contributed by atoms with E-state index in [1.165, 1.54) is 18.2 Å². The molecule has 0 radical (unpaired) electrons. The predicted molar refractivity (Wildman–Crippen MR) is 98.5 cm³/mol. The molecular weight excluding hydrogens is 373 g/mol. The van der Waals surface area contributed by atoms with Crippen LogP contribution in [0.25, 0.3) is 0 Å². The summed E-state index contributed by atoms with van der Waals surface area (Å²) >= 11 is 0. The third kappa shape index (κ3) is 4.20. The van der Waals surface area contributed by atoms with Crippen molar-refractivity contribution in [1.82, 2.24) is 9.62 Å². The van der Waals surface area contributed by atoms with Gasteiger partial charge in [-0.1, -0.05) is 12.1 Å². The third-order valence-electron chi connectivity index (χ3n) is 4.27. The number of benzene rings is 2. The summed E-state index contributed by atoms with van der Waals surface area (Å²) < 4.78 is 45.7. The first-order valence-corrected chi connectivity index (χ1v) is 9.84. The molecule has 2 N–H and O–H groups in total. The molecule has 27 heavy (non-hydrogen) atoms. The number of urea groups is 1. The van der Waals surface area contributed by atoms with E-state index in [0.29, 0.717) is 24.3 Å². The fraction of sp³-hybridized carbons (Fsp3) is 0.278. The highest BCUT2D eigenvalue weighted by atomic mass is 32.2. The topological polar surface area (TPSA) is 87.7 Å². The van der Waals surface area contributed by atoms with Crippen LogP contribution in [-0.4, -0.2) is 38.6 Å². The van der Waals surface area contributed by atoms with E-state index in [1.807, 2.05) is 0 Å². The summed E-state index contributed by atoms with van der Waals surface area (Å²) in [6.07, 6.45) is 0.276. The number of nitrogens with zero attached hydrogens (tertiary/aromatic N) is 1. The molecule has 2 aromatic carbocycles. The molecule has 1 atom stereocenters. The predicted octanol–water partition coefficient (Wildman–Crippen LogP) is 2.77. The largest absolute Gasteiger partial charge is 0.497 e. The molecule has 0 aromatic heterocycles. The molecule has 3 rings (SSSR count). The minimum absolute atomic E-state index is 0.212. The van der Waals surface area contributed by atoms with Crippen molar-refractivity contribution in [3.63, 3.8) is 0 Å². The van der Waals surface area contributed by atoms with Gasteiger partial charge in [0, 0.05) is 12.2 Å². The lowest BCUT2D eigenvalue weighted by molar-refractivity contribution is 0.240. The summed E-state index contributed by atoms with van der Waals surface area (Å²) in [6.45, 7) is 0.212. The number of methoxy groups -OCH3 is 1. The van der Waals surface area contributed by atoms with Crippen molar-refractivity contribution in [2.24, 2.45) is 0 Å². The van der Waals surface area contributed by atoms with Gasteiger partial charge in [-0.3, -0.25) is 0 Å². The standard InChI is InChI=1S/C18H20FN3O4S/c1-26-14-10-8-13(9-11-14)20-18(23)21-17-7-4-12-22(17)27(24,25)16-6-3-2-5-15(16)19/h2-3,5-6,8-11,17H,4,7,12H2,1H3,(H2,20,21,23). The van der Waals surface area contributed by atoms with Crippen LogP contribution >= 0.6 is 0 Å². The van der Waals surface area contributed by atoms with E-state index in [-0.39, 0.29) is 6.54 Å². The highest BCUT2D eigenvalue weighted by Gasteiger charge is 2.37. The van der Waals surface area contributed by atoms with Crippen LogP contribution < -0.4 is 15.4 Å². The molecule has 2 aromatic rings. The molecular formula is C18H20FN3O4S. The Morgan fingerprint density at radius 3 is 2.56 bits per heavy atom. The van der Waals surface area contributed by atoms with E-state index >= 15 is 0 Å². The Kier molecular flexibility index (Phi) is 5.62. The molecule has 0 saturated carbocycles. The molecule has 1 heterocycles. The summed E-state index contributed by atoms with van der Waals surface area (Å²) in [4.78, 5) is 11.9. The van der Waals surface area contributed by atoms with E-state index < -0.39 is 32.9 Å². The normalized spacial score (nSPS) is 17.5. The van der Waals surface area contributed by atoms with Gasteiger partial charge in [-0.2, -0.15) is 4.31 Å². The first kappa shape index (κ1) is 19.1. The van der Waals surface area contributed by atoms with Crippen LogP contribution in [-0.2, 0) is 10.0 Å². The number of amides is 2. The van der Waals surface area contributed by atoms with Gasteiger partial charge in [0.2, 0.25) is 10.0 Å². The minimum atomic E-state index is -4.05. The second kappa shape index (κ2) is 7.93. The second-order valence-corrected chi connectivity index (χ2v) is 7.89. The smallest absolute Gasteiger partial charge is 0.320 e. The highest BCUT2D eigenvalue weighted by molar-refractivity contribution is 7.89. The monoisotopic (exact) mass is 393 g/mol. The van der Waals surface area contributed by atoms with Gasteiger partial charge in [-0.05, 0) is 49.2 Å².